The first-order valence-electron chi connectivity index (χ1n) is 6.64. The van der Waals surface area contributed by atoms with E-state index >= 15 is 0 Å². The van der Waals surface area contributed by atoms with E-state index in [4.69, 9.17) is 0 Å². The van der Waals surface area contributed by atoms with Gasteiger partial charge in [-0.2, -0.15) is 0 Å². The summed E-state index contributed by atoms with van der Waals surface area (Å²) in [5.41, 5.74) is 0.520. The van der Waals surface area contributed by atoms with Gasteiger partial charge in [0, 0.05) is 43.6 Å². The van der Waals surface area contributed by atoms with Crippen molar-refractivity contribution in [1.82, 2.24) is 15.3 Å². The maximum atomic E-state index is 9.93. The Labute approximate surface area is 107 Å². The first kappa shape index (κ1) is 11.9. The van der Waals surface area contributed by atoms with Gasteiger partial charge in [0.15, 0.2) is 0 Å². The van der Waals surface area contributed by atoms with E-state index in [2.05, 4.69) is 15.3 Å². The second-order valence-corrected chi connectivity index (χ2v) is 5.71. The fourth-order valence-corrected chi connectivity index (χ4v) is 2.27. The van der Waals surface area contributed by atoms with Crippen molar-refractivity contribution in [3.8, 4) is 0 Å². The van der Waals surface area contributed by atoms with Crippen LogP contribution in [0.2, 0.25) is 0 Å². The lowest BCUT2D eigenvalue weighted by atomic mass is 10.1. The summed E-state index contributed by atoms with van der Waals surface area (Å²) in [6.45, 7) is 4.16. The van der Waals surface area contributed by atoms with Crippen LogP contribution in [0.25, 0.3) is 0 Å². The zero-order chi connectivity index (χ0) is 12.6. The minimum Gasteiger partial charge on any atom is -0.388 e. The SMILES string of the molecule is CC1(O)CCN(c2ncc(CNC3CC3)cn2)C1. The molecule has 0 radical (unpaired) electrons. The van der Waals surface area contributed by atoms with E-state index in [-0.39, 0.29) is 0 Å². The predicted molar refractivity (Wildman–Crippen MR) is 69.3 cm³/mol. The van der Waals surface area contributed by atoms with Crippen LogP contribution >= 0.6 is 0 Å². The van der Waals surface area contributed by atoms with Crippen molar-refractivity contribution in [1.29, 1.82) is 0 Å². The van der Waals surface area contributed by atoms with E-state index in [1.165, 1.54) is 12.8 Å². The molecule has 1 aliphatic carbocycles. The van der Waals surface area contributed by atoms with Gasteiger partial charge >= 0.3 is 0 Å². The molecule has 0 aromatic carbocycles. The molecular formula is C13H20N4O. The van der Waals surface area contributed by atoms with Crippen LogP contribution in [0.15, 0.2) is 12.4 Å². The van der Waals surface area contributed by atoms with Gasteiger partial charge in [-0.05, 0) is 26.2 Å². The van der Waals surface area contributed by atoms with Gasteiger partial charge in [-0.3, -0.25) is 0 Å². The standard InChI is InChI=1S/C13H20N4O/c1-13(18)4-5-17(9-13)12-15-7-10(8-16-12)6-14-11-2-3-11/h7-8,11,14,18H,2-6,9H2,1H3. The molecule has 2 aliphatic rings. The monoisotopic (exact) mass is 248 g/mol. The fraction of sp³-hybridized carbons (Fsp3) is 0.692. The van der Waals surface area contributed by atoms with E-state index in [1.54, 1.807) is 0 Å². The number of nitrogens with one attached hydrogen (secondary N) is 1. The number of hydrogen-bond acceptors (Lipinski definition) is 5. The molecule has 1 aromatic heterocycles. The Balaban J connectivity index is 1.60. The molecule has 2 N–H and O–H groups in total. The molecule has 98 valence electrons. The smallest absolute Gasteiger partial charge is 0.225 e. The highest BCUT2D eigenvalue weighted by Crippen LogP contribution is 2.23. The lowest BCUT2D eigenvalue weighted by molar-refractivity contribution is 0.0838. The third-order valence-electron chi connectivity index (χ3n) is 3.60. The summed E-state index contributed by atoms with van der Waals surface area (Å²) in [4.78, 5) is 10.8. The van der Waals surface area contributed by atoms with Crippen LogP contribution in [0.1, 0.15) is 31.7 Å². The summed E-state index contributed by atoms with van der Waals surface area (Å²) in [7, 11) is 0. The summed E-state index contributed by atoms with van der Waals surface area (Å²) in [5, 5.41) is 13.4. The van der Waals surface area contributed by atoms with Gasteiger partial charge in [-0.15, -0.1) is 0 Å². The van der Waals surface area contributed by atoms with Crippen molar-refractivity contribution >= 4 is 5.95 Å². The van der Waals surface area contributed by atoms with Crippen molar-refractivity contribution < 1.29 is 5.11 Å². The molecule has 1 saturated heterocycles. The van der Waals surface area contributed by atoms with Crippen LogP contribution in [0.3, 0.4) is 0 Å². The number of rotatable bonds is 4. The maximum absolute atomic E-state index is 9.93. The lowest BCUT2D eigenvalue weighted by Crippen LogP contribution is -2.30. The topological polar surface area (TPSA) is 61.3 Å². The molecule has 0 amide bonds. The highest BCUT2D eigenvalue weighted by atomic mass is 16.3. The normalized spacial score (nSPS) is 27.8. The molecule has 0 bridgehead atoms. The van der Waals surface area contributed by atoms with Gasteiger partial charge in [-0.25, -0.2) is 9.97 Å². The molecule has 5 nitrogen and oxygen atoms in total. The van der Waals surface area contributed by atoms with E-state index in [0.29, 0.717) is 12.6 Å². The molecule has 1 unspecified atom stereocenters. The largest absolute Gasteiger partial charge is 0.388 e. The summed E-state index contributed by atoms with van der Waals surface area (Å²) in [6, 6.07) is 0.707. The van der Waals surface area contributed by atoms with E-state index in [1.807, 2.05) is 24.2 Å². The van der Waals surface area contributed by atoms with Crippen LogP contribution in [0.4, 0.5) is 5.95 Å². The maximum Gasteiger partial charge on any atom is 0.225 e. The van der Waals surface area contributed by atoms with E-state index < -0.39 is 5.60 Å². The number of aromatic nitrogens is 2. The second-order valence-electron chi connectivity index (χ2n) is 5.71. The van der Waals surface area contributed by atoms with Crippen LogP contribution in [0.5, 0.6) is 0 Å². The van der Waals surface area contributed by atoms with E-state index in [0.717, 1.165) is 31.0 Å². The minimum atomic E-state index is -0.602. The summed E-state index contributed by atoms with van der Waals surface area (Å²) < 4.78 is 0. The van der Waals surface area contributed by atoms with Crippen molar-refractivity contribution in [2.75, 3.05) is 18.0 Å². The highest BCUT2D eigenvalue weighted by Gasteiger charge is 2.32. The van der Waals surface area contributed by atoms with Gasteiger partial charge in [-0.1, -0.05) is 0 Å². The third kappa shape index (κ3) is 2.79. The first-order chi connectivity index (χ1) is 8.62. The Bertz CT molecular complexity index is 414. The molecule has 1 atom stereocenters. The number of aliphatic hydroxyl groups is 1. The molecule has 1 aliphatic heterocycles. The average Bonchev–Trinajstić information content (AvgIpc) is 3.11. The van der Waals surface area contributed by atoms with Crippen LogP contribution in [0, 0.1) is 0 Å². The first-order valence-corrected chi connectivity index (χ1v) is 6.64. The van der Waals surface area contributed by atoms with Gasteiger partial charge in [0.25, 0.3) is 0 Å². The van der Waals surface area contributed by atoms with Crippen molar-refractivity contribution in [3.63, 3.8) is 0 Å². The van der Waals surface area contributed by atoms with Crippen LogP contribution < -0.4 is 10.2 Å². The zero-order valence-corrected chi connectivity index (χ0v) is 10.8. The Hall–Kier alpha value is -1.20. The Morgan fingerprint density at radius 1 is 1.44 bits per heavy atom. The Morgan fingerprint density at radius 2 is 2.17 bits per heavy atom. The third-order valence-corrected chi connectivity index (χ3v) is 3.60. The molecule has 3 rings (SSSR count). The molecule has 2 heterocycles. The fourth-order valence-electron chi connectivity index (χ4n) is 2.27. The second kappa shape index (κ2) is 4.48. The molecule has 1 aromatic rings. The number of anilines is 1. The van der Waals surface area contributed by atoms with Crippen molar-refractivity contribution in [2.45, 2.75) is 44.4 Å². The summed E-state index contributed by atoms with van der Waals surface area (Å²) in [5.74, 6) is 0.725. The summed E-state index contributed by atoms with van der Waals surface area (Å²) in [6.07, 6.45) is 7.13. The molecule has 2 fully saturated rings. The zero-order valence-electron chi connectivity index (χ0n) is 10.8. The lowest BCUT2D eigenvalue weighted by Gasteiger charge is -2.18. The average molecular weight is 248 g/mol. The Morgan fingerprint density at radius 3 is 2.72 bits per heavy atom. The Kier molecular flexibility index (Phi) is 2.95. The van der Waals surface area contributed by atoms with Crippen molar-refractivity contribution in [3.05, 3.63) is 18.0 Å². The molecule has 18 heavy (non-hydrogen) atoms. The van der Waals surface area contributed by atoms with Gasteiger partial charge < -0.3 is 15.3 Å². The molecule has 5 heteroatoms. The minimum absolute atomic E-state index is 0.602. The number of β-amino-alcohol motifs (C(OH)–C–C–N with tert-alkyl or cyclic N) is 1. The van der Waals surface area contributed by atoms with Crippen molar-refractivity contribution in [2.24, 2.45) is 0 Å². The van der Waals surface area contributed by atoms with Crippen LogP contribution in [-0.4, -0.2) is 39.8 Å². The quantitative estimate of drug-likeness (QED) is 0.821. The molecule has 0 spiro atoms. The number of nitrogens with zero attached hydrogens (tertiary/aromatic N) is 3. The van der Waals surface area contributed by atoms with Gasteiger partial charge in [0.2, 0.25) is 5.95 Å². The van der Waals surface area contributed by atoms with Gasteiger partial charge in [0.1, 0.15) is 0 Å². The summed E-state index contributed by atoms with van der Waals surface area (Å²) >= 11 is 0. The molecular weight excluding hydrogens is 228 g/mol. The number of hydrogen-bond donors (Lipinski definition) is 2. The van der Waals surface area contributed by atoms with E-state index in [9.17, 15) is 5.11 Å². The molecule has 1 saturated carbocycles. The van der Waals surface area contributed by atoms with Crippen LogP contribution in [-0.2, 0) is 6.54 Å². The van der Waals surface area contributed by atoms with Gasteiger partial charge in [0.05, 0.1) is 5.60 Å². The highest BCUT2D eigenvalue weighted by molar-refractivity contribution is 5.33. The predicted octanol–water partition coefficient (Wildman–Crippen LogP) is 0.690.